The number of Topliss-reactive ketones (excluding diaryl/α,β-unsaturated/α-hetero) is 2. The molecule has 318 valence electrons. The van der Waals surface area contributed by atoms with Gasteiger partial charge < -0.3 is 20.3 Å². The molecule has 0 radical (unpaired) electrons. The first-order valence-corrected chi connectivity index (χ1v) is 23.6. The first-order chi connectivity index (χ1) is 27.2. The summed E-state index contributed by atoms with van der Waals surface area (Å²) in [6, 6.07) is -0.854. The van der Waals surface area contributed by atoms with Gasteiger partial charge in [0.2, 0.25) is 11.8 Å². The summed E-state index contributed by atoms with van der Waals surface area (Å²) in [6.07, 6.45) is 5.92. The van der Waals surface area contributed by atoms with E-state index in [-0.39, 0.29) is 61.9 Å². The van der Waals surface area contributed by atoms with Crippen LogP contribution in [0.3, 0.4) is 0 Å². The smallest absolute Gasteiger partial charge is 0.426 e. The Hall–Kier alpha value is -2.85. The van der Waals surface area contributed by atoms with E-state index >= 15 is 0 Å². The number of carbonyl (C=O) groups is 7. The van der Waals surface area contributed by atoms with Crippen LogP contribution in [-0.2, 0) is 44.1 Å². The largest absolute Gasteiger partial charge is 0.475 e. The SMILES string of the molecule is CC(C)[C@H](CC(=O)CCCCCCCC(=O)CN1CCN2CCN3CCN(CC1)CC(=O)[O][Ga]([O]C(=O)C2)[O]C(=O)C3)C(=O)N[C@H](C)C(=O)N1CCC[C@H]1B(O)O. The fourth-order valence-corrected chi connectivity index (χ4v) is 9.88. The number of fused-ring (bicyclic) bond motifs is 7. The van der Waals surface area contributed by atoms with E-state index in [1.54, 1.807) is 6.92 Å². The Labute approximate surface area is 342 Å². The standard InChI is InChI=1S/C37H65BN6O12.Ga/c1-27(2)31(36(53)39-28(3)37(54)44-13-9-12-32(44)38(55)56)22-29(45)10-7-5-4-6-8-11-30(46)23-40-14-16-41(24-33(47)48)18-20-43(26-35(51)52)21-19-42(17-15-40)25-34(49)50;/h27-28,31-32,55-56H,4-26H2,1-3H3,(H,39,53)(H,47,48)(H,49,50)(H,51,52);/q;+3/p-3/t28-,31+,32+;/m1./s1. The number of nitrogens with zero attached hydrogens (tertiary/aromatic N) is 5. The van der Waals surface area contributed by atoms with Gasteiger partial charge in [0.05, 0.1) is 5.94 Å². The van der Waals surface area contributed by atoms with Crippen molar-refractivity contribution in [1.82, 2.24) is 29.8 Å². The Morgan fingerprint density at radius 2 is 1.19 bits per heavy atom. The van der Waals surface area contributed by atoms with Crippen LogP contribution in [0.15, 0.2) is 0 Å². The number of hydrogen-bond acceptors (Lipinski definition) is 16. The zero-order valence-corrected chi connectivity index (χ0v) is 36.4. The number of nitrogens with one attached hydrogen (secondary N) is 1. The Morgan fingerprint density at radius 3 is 1.68 bits per heavy atom. The molecule has 0 aromatic carbocycles. The average molecular weight is 863 g/mol. The van der Waals surface area contributed by atoms with E-state index in [4.69, 9.17) is 10.6 Å². The fourth-order valence-electron chi connectivity index (χ4n) is 7.75. The van der Waals surface area contributed by atoms with Gasteiger partial charge in [0.25, 0.3) is 0 Å². The molecule has 2 unspecified atom stereocenters. The normalized spacial score (nSPS) is 24.9. The van der Waals surface area contributed by atoms with E-state index < -0.39 is 60.2 Å². The van der Waals surface area contributed by atoms with Gasteiger partial charge in [0.15, 0.2) is 0 Å². The summed E-state index contributed by atoms with van der Waals surface area (Å²) in [4.78, 5) is 99.5. The zero-order chi connectivity index (χ0) is 41.5. The maximum Gasteiger partial charge on any atom is 0.475 e. The molecular weight excluding hydrogens is 801 g/mol. The minimum absolute atomic E-state index is 0.0120. The Morgan fingerprint density at radius 1 is 0.719 bits per heavy atom. The van der Waals surface area contributed by atoms with E-state index in [0.29, 0.717) is 91.0 Å². The first kappa shape index (κ1) is 46.8. The molecule has 2 amide bonds. The fraction of sp³-hybridized carbons (Fsp3) is 0.811. The molecule has 3 N–H and O–H groups in total. The van der Waals surface area contributed by atoms with Gasteiger partial charge >= 0.3 is 195 Å². The molecule has 4 heterocycles. The van der Waals surface area contributed by atoms with Crippen LogP contribution in [0.1, 0.15) is 85.0 Å². The molecule has 0 aromatic rings. The molecule has 0 aliphatic carbocycles. The predicted octanol–water partition coefficient (Wildman–Crippen LogP) is -1.11. The molecule has 4 aliphatic rings. The first-order valence-electron chi connectivity index (χ1n) is 20.7. The van der Waals surface area contributed by atoms with E-state index in [1.165, 1.54) is 4.90 Å². The molecule has 57 heavy (non-hydrogen) atoms. The summed E-state index contributed by atoms with van der Waals surface area (Å²) in [6.45, 7) is 10.1. The van der Waals surface area contributed by atoms with Gasteiger partial charge in [-0.2, -0.15) is 0 Å². The Balaban J connectivity index is 1.17. The van der Waals surface area contributed by atoms with Crippen molar-refractivity contribution in [3.63, 3.8) is 0 Å². The molecule has 18 nitrogen and oxygen atoms in total. The predicted molar refractivity (Wildman–Crippen MR) is 208 cm³/mol. The van der Waals surface area contributed by atoms with Crippen LogP contribution in [-0.4, -0.2) is 197 Å². The number of likely N-dealkylation sites (tertiary alicyclic amines) is 1. The van der Waals surface area contributed by atoms with Crippen LogP contribution in [0.5, 0.6) is 0 Å². The quantitative estimate of drug-likeness (QED) is 0.117. The third kappa shape index (κ3) is 16.0. The van der Waals surface area contributed by atoms with Crippen LogP contribution in [0.2, 0.25) is 0 Å². The number of hydrogen-bond donors (Lipinski definition) is 3. The molecule has 4 bridgehead atoms. The van der Waals surface area contributed by atoms with Gasteiger partial charge in [0.1, 0.15) is 11.8 Å². The van der Waals surface area contributed by atoms with Crippen molar-refractivity contribution in [1.29, 1.82) is 0 Å². The van der Waals surface area contributed by atoms with Crippen LogP contribution >= 0.6 is 0 Å². The zero-order valence-electron chi connectivity index (χ0n) is 33.9. The third-order valence-electron chi connectivity index (χ3n) is 11.2. The maximum absolute atomic E-state index is 13.1. The van der Waals surface area contributed by atoms with Gasteiger partial charge in [-0.1, -0.05) is 26.7 Å². The molecule has 4 saturated heterocycles. The monoisotopic (exact) mass is 862 g/mol. The van der Waals surface area contributed by atoms with E-state index in [2.05, 4.69) is 10.2 Å². The molecule has 0 saturated carbocycles. The van der Waals surface area contributed by atoms with E-state index in [0.717, 1.165) is 25.7 Å². The van der Waals surface area contributed by atoms with Gasteiger partial charge in [-0.05, 0) is 32.1 Å². The summed E-state index contributed by atoms with van der Waals surface area (Å²) in [5.74, 6) is -3.80. The van der Waals surface area contributed by atoms with Crippen LogP contribution in [0.4, 0.5) is 0 Å². The summed E-state index contributed by atoms with van der Waals surface area (Å²) in [5, 5.41) is 22.0. The topological polar surface area (TPSA) is 216 Å². The summed E-state index contributed by atoms with van der Waals surface area (Å²) < 4.78 is 16.2. The average Bonchev–Trinajstić information content (AvgIpc) is 3.63. The van der Waals surface area contributed by atoms with Gasteiger partial charge in [0, 0.05) is 25.3 Å². The summed E-state index contributed by atoms with van der Waals surface area (Å²) >= 11 is -3.92. The molecular formula is C37H62BGaN6O12. The third-order valence-corrected chi connectivity index (χ3v) is 14.1. The molecule has 5 atom stereocenters. The second-order valence-corrected chi connectivity index (χ2v) is 18.8. The minimum atomic E-state index is -3.92. The van der Waals surface area contributed by atoms with Gasteiger partial charge in [-0.15, -0.1) is 0 Å². The van der Waals surface area contributed by atoms with E-state index in [1.807, 2.05) is 28.5 Å². The molecule has 4 aliphatic heterocycles. The summed E-state index contributed by atoms with van der Waals surface area (Å²) in [7, 11) is -1.64. The Bertz CT molecular complexity index is 1370. The molecule has 4 rings (SSSR count). The van der Waals surface area contributed by atoms with Crippen molar-refractivity contribution in [3.8, 4) is 0 Å². The van der Waals surface area contributed by atoms with Crippen molar-refractivity contribution in [2.75, 3.05) is 85.1 Å². The number of amides is 2. The van der Waals surface area contributed by atoms with Gasteiger partial charge in [-0.3, -0.25) is 14.4 Å². The Kier molecular flexibility index (Phi) is 19.4. The van der Waals surface area contributed by atoms with Crippen LogP contribution in [0.25, 0.3) is 0 Å². The molecule has 20 heteroatoms. The summed E-state index contributed by atoms with van der Waals surface area (Å²) in [5.41, 5.74) is 0. The van der Waals surface area contributed by atoms with Crippen molar-refractivity contribution in [2.24, 2.45) is 11.8 Å². The molecule has 0 spiro atoms. The minimum Gasteiger partial charge on any atom is -0.426 e. The van der Waals surface area contributed by atoms with Crippen molar-refractivity contribution < 1.29 is 54.2 Å². The molecule has 4 fully saturated rings. The second-order valence-electron chi connectivity index (χ2n) is 16.1. The second kappa shape index (κ2) is 23.7. The number of ketones is 2. The van der Waals surface area contributed by atoms with Crippen LogP contribution < -0.4 is 5.32 Å². The number of carbonyl (C=O) groups excluding carboxylic acids is 7. The van der Waals surface area contributed by atoms with E-state index in [9.17, 15) is 43.6 Å². The van der Waals surface area contributed by atoms with Crippen LogP contribution in [0, 0.1) is 11.8 Å². The van der Waals surface area contributed by atoms with Crippen molar-refractivity contribution in [3.05, 3.63) is 0 Å². The van der Waals surface area contributed by atoms with Crippen molar-refractivity contribution in [2.45, 2.75) is 97.0 Å². The number of rotatable bonds is 17. The maximum atomic E-state index is 13.1. The van der Waals surface area contributed by atoms with Crippen molar-refractivity contribution >= 4 is 65.7 Å². The molecule has 0 aromatic heterocycles. The number of unbranched alkanes of at least 4 members (excludes halogenated alkanes) is 4. The van der Waals surface area contributed by atoms with Gasteiger partial charge in [-0.25, -0.2) is 0 Å².